The maximum Gasteiger partial charge on any atom is 0.0985 e. The van der Waals surface area contributed by atoms with Gasteiger partial charge in [-0.15, -0.1) is 0 Å². The molecule has 0 amide bonds. The summed E-state index contributed by atoms with van der Waals surface area (Å²) in [5, 5.41) is 32.2. The minimum Gasteiger partial charge on any atom is -0.393 e. The van der Waals surface area contributed by atoms with Gasteiger partial charge in [0.25, 0.3) is 0 Å². The number of hydrogen-bond donors (Lipinski definition) is 3. The highest BCUT2D eigenvalue weighted by Crippen LogP contribution is 2.67. The predicted octanol–water partition coefficient (Wildman–Crippen LogP) is 2.87. The molecular formula is C19H32O3. The van der Waals surface area contributed by atoms with Crippen LogP contribution in [0.1, 0.15) is 71.6 Å². The Morgan fingerprint density at radius 3 is 2.45 bits per heavy atom. The molecule has 126 valence electrons. The summed E-state index contributed by atoms with van der Waals surface area (Å²) in [5.74, 6) is 1.82. The van der Waals surface area contributed by atoms with E-state index in [1.165, 1.54) is 32.1 Å². The van der Waals surface area contributed by atoms with Crippen LogP contribution in [0.25, 0.3) is 0 Å². The van der Waals surface area contributed by atoms with E-state index in [1.54, 1.807) is 0 Å². The average molecular weight is 308 g/mol. The molecule has 4 aliphatic rings. The van der Waals surface area contributed by atoms with E-state index < -0.39 is 17.8 Å². The smallest absolute Gasteiger partial charge is 0.0985 e. The Kier molecular flexibility index (Phi) is 3.30. The fourth-order valence-electron chi connectivity index (χ4n) is 7.25. The van der Waals surface area contributed by atoms with Crippen molar-refractivity contribution >= 4 is 0 Å². The Balaban J connectivity index is 1.71. The lowest BCUT2D eigenvalue weighted by Gasteiger charge is -2.65. The van der Waals surface area contributed by atoms with Crippen LogP contribution >= 0.6 is 0 Å². The highest BCUT2D eigenvalue weighted by molar-refractivity contribution is 5.16. The highest BCUT2D eigenvalue weighted by Gasteiger charge is 2.66. The zero-order valence-electron chi connectivity index (χ0n) is 14.1. The van der Waals surface area contributed by atoms with Crippen molar-refractivity contribution in [2.75, 3.05) is 0 Å². The van der Waals surface area contributed by atoms with Crippen LogP contribution in [0.3, 0.4) is 0 Å². The van der Waals surface area contributed by atoms with Crippen LogP contribution < -0.4 is 0 Å². The van der Waals surface area contributed by atoms with E-state index in [1.807, 2.05) is 0 Å². The molecule has 0 heterocycles. The van der Waals surface area contributed by atoms with Crippen LogP contribution in [0.15, 0.2) is 0 Å². The quantitative estimate of drug-likeness (QED) is 0.645. The molecule has 0 saturated heterocycles. The van der Waals surface area contributed by atoms with Crippen molar-refractivity contribution in [3.63, 3.8) is 0 Å². The van der Waals surface area contributed by atoms with Crippen LogP contribution in [0, 0.1) is 28.6 Å². The van der Waals surface area contributed by atoms with Crippen LogP contribution in [0.4, 0.5) is 0 Å². The molecule has 3 N–H and O–H groups in total. The summed E-state index contributed by atoms with van der Waals surface area (Å²) in [6.07, 6.45) is 8.06. The van der Waals surface area contributed by atoms with E-state index in [0.717, 1.165) is 25.2 Å². The first-order chi connectivity index (χ1) is 10.3. The summed E-state index contributed by atoms with van der Waals surface area (Å²) in [6, 6.07) is 0. The van der Waals surface area contributed by atoms with Gasteiger partial charge in [-0.25, -0.2) is 0 Å². The van der Waals surface area contributed by atoms with Crippen molar-refractivity contribution in [1.29, 1.82) is 0 Å². The molecule has 4 aliphatic carbocycles. The topological polar surface area (TPSA) is 60.7 Å². The first-order valence-corrected chi connectivity index (χ1v) is 9.39. The second-order valence-electron chi connectivity index (χ2n) is 9.45. The largest absolute Gasteiger partial charge is 0.393 e. The Bertz CT molecular complexity index is 466. The number of fused-ring (bicyclic) bond motifs is 5. The minimum atomic E-state index is -1.09. The van der Waals surface area contributed by atoms with Crippen molar-refractivity contribution in [3.05, 3.63) is 0 Å². The van der Waals surface area contributed by atoms with Gasteiger partial charge in [0.1, 0.15) is 0 Å². The fraction of sp³-hybridized carbons (Fsp3) is 1.00. The average Bonchev–Trinajstić information content (AvgIpc) is 2.84. The van der Waals surface area contributed by atoms with E-state index in [-0.39, 0.29) is 5.41 Å². The standard InChI is InChI=1S/C19H32O3/c1-17-7-3-4-14(17)13-10-16(21)19(22)11-12(20)5-9-18(19,2)15(13)6-8-17/h12-16,20-22H,3-11H2,1-2H3/t12-,13+,14+,15+,16-,17-,18+,19-/m0/s1. The summed E-state index contributed by atoms with van der Waals surface area (Å²) in [6.45, 7) is 4.66. The predicted molar refractivity (Wildman–Crippen MR) is 85.2 cm³/mol. The number of aliphatic hydroxyl groups excluding tert-OH is 2. The van der Waals surface area contributed by atoms with Crippen molar-refractivity contribution in [3.8, 4) is 0 Å². The third kappa shape index (κ3) is 1.79. The Hall–Kier alpha value is -0.120. The van der Waals surface area contributed by atoms with E-state index >= 15 is 0 Å². The maximum atomic E-state index is 11.3. The van der Waals surface area contributed by atoms with E-state index in [0.29, 0.717) is 23.7 Å². The second kappa shape index (κ2) is 4.70. The molecule has 4 fully saturated rings. The molecule has 4 saturated carbocycles. The molecule has 0 aromatic heterocycles. The van der Waals surface area contributed by atoms with Gasteiger partial charge >= 0.3 is 0 Å². The van der Waals surface area contributed by atoms with Gasteiger partial charge in [-0.2, -0.15) is 0 Å². The van der Waals surface area contributed by atoms with Gasteiger partial charge in [0.05, 0.1) is 17.8 Å². The number of rotatable bonds is 0. The minimum absolute atomic E-state index is 0.224. The zero-order valence-corrected chi connectivity index (χ0v) is 14.1. The summed E-state index contributed by atoms with van der Waals surface area (Å²) < 4.78 is 0. The lowest BCUT2D eigenvalue weighted by atomic mass is 9.43. The van der Waals surface area contributed by atoms with Crippen LogP contribution in [0.2, 0.25) is 0 Å². The van der Waals surface area contributed by atoms with Gasteiger partial charge in [0.2, 0.25) is 0 Å². The third-order valence-corrected chi connectivity index (χ3v) is 8.62. The Morgan fingerprint density at radius 1 is 0.909 bits per heavy atom. The first-order valence-electron chi connectivity index (χ1n) is 9.39. The molecule has 3 heteroatoms. The van der Waals surface area contributed by atoms with Crippen LogP contribution in [0.5, 0.6) is 0 Å². The van der Waals surface area contributed by atoms with Crippen molar-refractivity contribution < 1.29 is 15.3 Å². The molecule has 0 unspecified atom stereocenters. The monoisotopic (exact) mass is 308 g/mol. The SMILES string of the molecule is C[C@@]12CCC[C@@H]1[C@H]1C[C@H](O)[C@@]3(O)C[C@@H](O)CC[C@]3(C)[C@@H]1CC2. The number of aliphatic hydroxyl groups is 3. The van der Waals surface area contributed by atoms with Gasteiger partial charge < -0.3 is 15.3 Å². The molecule has 8 atom stereocenters. The lowest BCUT2D eigenvalue weighted by Crippen LogP contribution is -2.68. The second-order valence-corrected chi connectivity index (χ2v) is 9.45. The molecular weight excluding hydrogens is 276 g/mol. The third-order valence-electron chi connectivity index (χ3n) is 8.62. The molecule has 0 aromatic rings. The normalized spacial score (nSPS) is 61.2. The molecule has 0 radical (unpaired) electrons. The molecule has 22 heavy (non-hydrogen) atoms. The van der Waals surface area contributed by atoms with E-state index in [4.69, 9.17) is 0 Å². The molecule has 3 nitrogen and oxygen atoms in total. The van der Waals surface area contributed by atoms with Crippen LogP contribution in [-0.4, -0.2) is 33.1 Å². The van der Waals surface area contributed by atoms with Gasteiger partial charge in [0.15, 0.2) is 0 Å². The van der Waals surface area contributed by atoms with Gasteiger partial charge in [-0.05, 0) is 68.1 Å². The summed E-state index contributed by atoms with van der Waals surface area (Å²) in [4.78, 5) is 0. The van der Waals surface area contributed by atoms with Gasteiger partial charge in [-0.1, -0.05) is 20.3 Å². The van der Waals surface area contributed by atoms with Crippen molar-refractivity contribution in [1.82, 2.24) is 0 Å². The molecule has 4 rings (SSSR count). The molecule has 0 aliphatic heterocycles. The molecule has 0 spiro atoms. The summed E-state index contributed by atoms with van der Waals surface area (Å²) in [7, 11) is 0. The van der Waals surface area contributed by atoms with Crippen LogP contribution in [-0.2, 0) is 0 Å². The molecule has 0 aromatic carbocycles. The van der Waals surface area contributed by atoms with Crippen molar-refractivity contribution in [2.24, 2.45) is 28.6 Å². The Labute approximate surface area is 134 Å². The Morgan fingerprint density at radius 2 is 1.68 bits per heavy atom. The van der Waals surface area contributed by atoms with Crippen molar-refractivity contribution in [2.45, 2.75) is 89.4 Å². The van der Waals surface area contributed by atoms with E-state index in [9.17, 15) is 15.3 Å². The molecule has 0 bridgehead atoms. The highest BCUT2D eigenvalue weighted by atomic mass is 16.3. The maximum absolute atomic E-state index is 11.3. The fourth-order valence-corrected chi connectivity index (χ4v) is 7.25. The zero-order chi connectivity index (χ0) is 15.8. The van der Waals surface area contributed by atoms with E-state index in [2.05, 4.69) is 13.8 Å². The lowest BCUT2D eigenvalue weighted by molar-refractivity contribution is -0.263. The summed E-state index contributed by atoms with van der Waals surface area (Å²) in [5.41, 5.74) is -0.836. The van der Waals surface area contributed by atoms with Gasteiger partial charge in [-0.3, -0.25) is 0 Å². The number of hydrogen-bond acceptors (Lipinski definition) is 3. The summed E-state index contributed by atoms with van der Waals surface area (Å²) >= 11 is 0. The first kappa shape index (κ1) is 15.4. The van der Waals surface area contributed by atoms with Gasteiger partial charge in [0, 0.05) is 11.8 Å².